The minimum Gasteiger partial charge on any atom is -0.397 e. The van der Waals surface area contributed by atoms with Crippen LogP contribution in [0.3, 0.4) is 0 Å². The van der Waals surface area contributed by atoms with E-state index in [0.29, 0.717) is 36.8 Å². The summed E-state index contributed by atoms with van der Waals surface area (Å²) in [6.45, 7) is 5.65. The molecule has 204 valence electrons. The van der Waals surface area contributed by atoms with Crippen LogP contribution in [-0.2, 0) is 16.6 Å². The Kier molecular flexibility index (Phi) is 7.60. The lowest BCUT2D eigenvalue weighted by molar-refractivity contribution is -0.286. The lowest BCUT2D eigenvalue weighted by Crippen LogP contribution is -2.28. The van der Waals surface area contributed by atoms with Gasteiger partial charge in [-0.2, -0.15) is 0 Å². The van der Waals surface area contributed by atoms with E-state index < -0.39 is 28.8 Å². The molecule has 0 unspecified atom stereocenters. The molecule has 2 aliphatic rings. The van der Waals surface area contributed by atoms with E-state index in [1.54, 1.807) is 12.1 Å². The van der Waals surface area contributed by atoms with E-state index in [-0.39, 0.29) is 36.2 Å². The van der Waals surface area contributed by atoms with Crippen LogP contribution in [0.5, 0.6) is 11.5 Å². The van der Waals surface area contributed by atoms with Crippen molar-refractivity contribution in [3.63, 3.8) is 0 Å². The Morgan fingerprint density at radius 1 is 1.18 bits per heavy atom. The summed E-state index contributed by atoms with van der Waals surface area (Å²) in [5.74, 6) is -1.24. The summed E-state index contributed by atoms with van der Waals surface area (Å²) < 4.78 is 51.2. The van der Waals surface area contributed by atoms with Gasteiger partial charge >= 0.3 is 6.29 Å². The second-order valence-electron chi connectivity index (χ2n) is 11.1. The molecule has 6 nitrogen and oxygen atoms in total. The number of hydrogen-bond donors (Lipinski definition) is 3. The van der Waals surface area contributed by atoms with Crippen molar-refractivity contribution in [2.24, 2.45) is 5.41 Å². The number of nitrogens with one attached hydrogen (secondary N) is 1. The summed E-state index contributed by atoms with van der Waals surface area (Å²) >= 11 is 0. The summed E-state index contributed by atoms with van der Waals surface area (Å²) in [6.07, 6.45) is 0.254. The highest BCUT2D eigenvalue weighted by molar-refractivity contribution is 6.11. The molecule has 10 heteroatoms. The lowest BCUT2D eigenvalue weighted by atomic mass is 9.81. The smallest absolute Gasteiger partial charge is 0.397 e. The highest BCUT2D eigenvalue weighted by atomic mass is 19.3. The maximum atomic E-state index is 15.3. The number of alkyl halides is 2. The molecule has 3 N–H and O–H groups in total. The third-order valence-corrected chi connectivity index (χ3v) is 7.67. The number of aryl methyl sites for hydroxylation is 1. The number of fused-ring (bicyclic) bond motifs is 1. The van der Waals surface area contributed by atoms with Crippen LogP contribution in [0.4, 0.5) is 18.9 Å². The zero-order chi connectivity index (χ0) is 27.9. The molecule has 1 aliphatic heterocycles. The van der Waals surface area contributed by atoms with Crippen LogP contribution in [0.2, 0.25) is 5.82 Å². The van der Waals surface area contributed by atoms with E-state index in [2.05, 4.69) is 14.8 Å². The Bertz CT molecular complexity index is 1260. The molecule has 1 amide bonds. The van der Waals surface area contributed by atoms with Crippen LogP contribution in [-0.4, -0.2) is 43.5 Å². The van der Waals surface area contributed by atoms with E-state index in [1.807, 2.05) is 34.7 Å². The van der Waals surface area contributed by atoms with Gasteiger partial charge in [0.15, 0.2) is 11.5 Å². The molecule has 0 radical (unpaired) electrons. The molecular weight excluding hydrogens is 498 g/mol. The third-order valence-electron chi connectivity index (χ3n) is 7.67. The van der Waals surface area contributed by atoms with Crippen molar-refractivity contribution in [1.82, 2.24) is 0 Å². The van der Waals surface area contributed by atoms with Crippen molar-refractivity contribution in [1.29, 1.82) is 0 Å². The normalized spacial score (nSPS) is 18.3. The third kappa shape index (κ3) is 5.71. The van der Waals surface area contributed by atoms with Gasteiger partial charge in [-0.3, -0.25) is 4.79 Å². The summed E-state index contributed by atoms with van der Waals surface area (Å²) in [5, 5.41) is 21.9. The number of carbonyl (C=O) groups is 1. The molecular formula is C28H33BF3NO5. The minimum atomic E-state index is -3.76. The van der Waals surface area contributed by atoms with E-state index in [1.165, 1.54) is 18.2 Å². The van der Waals surface area contributed by atoms with Crippen molar-refractivity contribution in [3.05, 3.63) is 58.4 Å². The molecule has 38 heavy (non-hydrogen) atoms. The van der Waals surface area contributed by atoms with Gasteiger partial charge in [0.2, 0.25) is 5.91 Å². The van der Waals surface area contributed by atoms with Crippen LogP contribution in [0, 0.1) is 11.2 Å². The molecule has 0 bridgehead atoms. The zero-order valence-corrected chi connectivity index (χ0v) is 22.0. The van der Waals surface area contributed by atoms with Gasteiger partial charge in [0, 0.05) is 12.0 Å². The number of carbonyl (C=O) groups excluding carboxylic acids is 1. The van der Waals surface area contributed by atoms with Gasteiger partial charge in [-0.25, -0.2) is 4.39 Å². The summed E-state index contributed by atoms with van der Waals surface area (Å²) in [6, 6.07) is 7.24. The predicted octanol–water partition coefficient (Wildman–Crippen LogP) is 4.59. The quantitative estimate of drug-likeness (QED) is 0.391. The van der Waals surface area contributed by atoms with Crippen molar-refractivity contribution >= 4 is 25.5 Å². The second kappa shape index (κ2) is 10.3. The fourth-order valence-electron chi connectivity index (χ4n) is 4.38. The Labute approximate surface area is 221 Å². The van der Waals surface area contributed by atoms with Crippen molar-refractivity contribution in [2.45, 2.75) is 64.0 Å². The van der Waals surface area contributed by atoms with Crippen LogP contribution in [0.1, 0.15) is 56.7 Å². The Morgan fingerprint density at radius 3 is 2.50 bits per heavy atom. The number of amides is 1. The number of aliphatic hydroxyl groups is 2. The van der Waals surface area contributed by atoms with Crippen LogP contribution in [0.15, 0.2) is 35.9 Å². The van der Waals surface area contributed by atoms with Crippen molar-refractivity contribution in [3.8, 4) is 11.5 Å². The zero-order valence-electron chi connectivity index (χ0n) is 22.0. The van der Waals surface area contributed by atoms with Crippen LogP contribution < -0.4 is 14.8 Å². The first kappa shape index (κ1) is 28.0. The van der Waals surface area contributed by atoms with Crippen LogP contribution in [0.25, 0.3) is 6.08 Å². The highest BCUT2D eigenvalue weighted by Crippen LogP contribution is 2.52. The molecule has 2 aromatic rings. The average Bonchev–Trinajstić information content (AvgIpc) is 3.61. The van der Waals surface area contributed by atoms with E-state index >= 15 is 4.39 Å². The monoisotopic (exact) mass is 531 g/mol. The summed E-state index contributed by atoms with van der Waals surface area (Å²) in [4.78, 5) is 13.4. The average molecular weight is 531 g/mol. The standard InChI is InChI=1S/C28H33BF3NO5/c1-16(26(2,3)15-35)10-18-12-22(21(30)11-17(18)4-6-20(29)14-34)33-25(36)27(8-9-27)19-5-7-23-24(13-19)38-28(31,32)37-23/h5,7,10-13,20,34-35H,4,6,8-9,14-15,29H2,1-3H3,(H,33,36)/b16-10+/t20-/m1/s1. The molecule has 0 saturated heterocycles. The Balaban J connectivity index is 1.63. The SMILES string of the molecule is B[C@@H](CO)CCc1cc(F)c(NC(=O)C2(c3ccc4c(c3)OC(F)(F)O4)CC2)cc1/C=C(\C)C(C)(C)CO. The number of benzene rings is 2. The number of halogens is 3. The topological polar surface area (TPSA) is 88.0 Å². The van der Waals surface area contributed by atoms with Crippen molar-refractivity contribution < 1.29 is 37.7 Å². The molecule has 1 heterocycles. The number of aliphatic hydroxyl groups excluding tert-OH is 2. The van der Waals surface area contributed by atoms with Gasteiger partial charge < -0.3 is 25.0 Å². The van der Waals surface area contributed by atoms with Gasteiger partial charge in [0.25, 0.3) is 0 Å². The fourth-order valence-corrected chi connectivity index (χ4v) is 4.38. The first-order valence-corrected chi connectivity index (χ1v) is 12.7. The first-order valence-electron chi connectivity index (χ1n) is 12.7. The molecule has 4 rings (SSSR count). The Hall–Kier alpha value is -2.98. The van der Waals surface area contributed by atoms with E-state index in [4.69, 9.17) is 0 Å². The van der Waals surface area contributed by atoms with Gasteiger partial charge in [-0.1, -0.05) is 38.0 Å². The molecule has 1 fully saturated rings. The largest absolute Gasteiger partial charge is 0.586 e. The number of ether oxygens (including phenoxy) is 2. The van der Waals surface area contributed by atoms with Gasteiger partial charge in [0.1, 0.15) is 13.7 Å². The summed E-state index contributed by atoms with van der Waals surface area (Å²) in [7, 11) is 1.91. The fraction of sp³-hybridized carbons (Fsp3) is 0.464. The van der Waals surface area contributed by atoms with Gasteiger partial charge in [-0.05, 0) is 73.0 Å². The second-order valence-corrected chi connectivity index (χ2v) is 11.1. The van der Waals surface area contributed by atoms with Gasteiger partial charge in [0.05, 0.1) is 17.7 Å². The number of rotatable bonds is 10. The van der Waals surface area contributed by atoms with E-state index in [0.717, 1.165) is 11.1 Å². The molecule has 1 atom stereocenters. The minimum absolute atomic E-state index is 0.00774. The first-order chi connectivity index (χ1) is 17.8. The predicted molar refractivity (Wildman–Crippen MR) is 141 cm³/mol. The molecule has 1 aliphatic carbocycles. The maximum Gasteiger partial charge on any atom is 0.586 e. The van der Waals surface area contributed by atoms with Crippen molar-refractivity contribution in [2.75, 3.05) is 18.5 Å². The number of hydrogen-bond acceptors (Lipinski definition) is 5. The maximum absolute atomic E-state index is 15.3. The molecule has 0 aromatic heterocycles. The number of anilines is 1. The Morgan fingerprint density at radius 2 is 1.87 bits per heavy atom. The van der Waals surface area contributed by atoms with Gasteiger partial charge in [-0.15, -0.1) is 8.78 Å². The molecule has 2 aromatic carbocycles. The molecule has 1 saturated carbocycles. The summed E-state index contributed by atoms with van der Waals surface area (Å²) in [5.41, 5.74) is 1.34. The van der Waals surface area contributed by atoms with Crippen LogP contribution >= 0.6 is 0 Å². The van der Waals surface area contributed by atoms with E-state index in [9.17, 15) is 23.8 Å². The lowest BCUT2D eigenvalue weighted by Gasteiger charge is -2.24. The molecule has 0 spiro atoms. The highest BCUT2D eigenvalue weighted by Gasteiger charge is 2.53.